The first-order valence-electron chi connectivity index (χ1n) is 4.86. The largest absolute Gasteiger partial charge is 0.293 e. The first-order chi connectivity index (χ1) is 7.17. The van der Waals surface area contributed by atoms with E-state index in [9.17, 15) is 4.79 Å². The van der Waals surface area contributed by atoms with Crippen LogP contribution in [-0.2, 0) is 6.42 Å². The normalized spacial score (nSPS) is 24.2. The molecule has 0 fully saturated rings. The van der Waals surface area contributed by atoms with Crippen molar-refractivity contribution in [1.29, 1.82) is 0 Å². The Hall–Kier alpha value is -1.80. The predicted octanol–water partition coefficient (Wildman–Crippen LogP) is 2.88. The van der Waals surface area contributed by atoms with Crippen LogP contribution in [0, 0.1) is 0 Å². The van der Waals surface area contributed by atoms with E-state index < -0.39 is 5.54 Å². The zero-order valence-electron chi connectivity index (χ0n) is 8.47. The van der Waals surface area contributed by atoms with Gasteiger partial charge in [0.15, 0.2) is 5.78 Å². The number of azide groups is 1. The van der Waals surface area contributed by atoms with Gasteiger partial charge in [0.25, 0.3) is 0 Å². The van der Waals surface area contributed by atoms with E-state index in [1.54, 1.807) is 13.0 Å². The van der Waals surface area contributed by atoms with Crippen molar-refractivity contribution in [2.75, 3.05) is 0 Å². The summed E-state index contributed by atoms with van der Waals surface area (Å²) >= 11 is 0. The Morgan fingerprint density at radius 1 is 1.47 bits per heavy atom. The van der Waals surface area contributed by atoms with Crippen LogP contribution in [0.1, 0.15) is 29.3 Å². The molecule has 0 spiro atoms. The van der Waals surface area contributed by atoms with E-state index in [2.05, 4.69) is 10.0 Å². The molecule has 1 aliphatic carbocycles. The zero-order chi connectivity index (χ0) is 10.9. The summed E-state index contributed by atoms with van der Waals surface area (Å²) in [5.41, 5.74) is 9.30. The maximum absolute atomic E-state index is 12.1. The number of benzene rings is 1. The quantitative estimate of drug-likeness (QED) is 0.391. The van der Waals surface area contributed by atoms with Gasteiger partial charge < -0.3 is 0 Å². The molecule has 0 saturated carbocycles. The molecule has 4 nitrogen and oxygen atoms in total. The van der Waals surface area contributed by atoms with Crippen molar-refractivity contribution < 1.29 is 4.79 Å². The van der Waals surface area contributed by atoms with Crippen molar-refractivity contribution in [3.63, 3.8) is 0 Å². The third-order valence-electron chi connectivity index (χ3n) is 2.90. The highest BCUT2D eigenvalue weighted by Gasteiger charge is 2.37. The highest BCUT2D eigenvalue weighted by Crippen LogP contribution is 2.31. The van der Waals surface area contributed by atoms with Gasteiger partial charge in [-0.2, -0.15) is 0 Å². The van der Waals surface area contributed by atoms with Gasteiger partial charge >= 0.3 is 0 Å². The van der Waals surface area contributed by atoms with Crippen LogP contribution in [0.4, 0.5) is 0 Å². The van der Waals surface area contributed by atoms with Gasteiger partial charge in [-0.05, 0) is 30.9 Å². The summed E-state index contributed by atoms with van der Waals surface area (Å²) in [5.74, 6) is -0.0675. The molecule has 0 aromatic heterocycles. The molecule has 4 heteroatoms. The van der Waals surface area contributed by atoms with Crippen LogP contribution in [0.3, 0.4) is 0 Å². The zero-order valence-corrected chi connectivity index (χ0v) is 8.47. The van der Waals surface area contributed by atoms with Gasteiger partial charge in [0.2, 0.25) is 0 Å². The third-order valence-corrected chi connectivity index (χ3v) is 2.90. The lowest BCUT2D eigenvalue weighted by Gasteiger charge is -2.28. The second kappa shape index (κ2) is 3.41. The molecule has 0 heterocycles. The maximum Gasteiger partial charge on any atom is 0.174 e. The van der Waals surface area contributed by atoms with Gasteiger partial charge in [-0.15, -0.1) is 0 Å². The molecule has 0 saturated heterocycles. The molecule has 0 bridgehead atoms. The predicted molar refractivity (Wildman–Crippen MR) is 56.6 cm³/mol. The van der Waals surface area contributed by atoms with E-state index in [-0.39, 0.29) is 5.78 Å². The lowest BCUT2D eigenvalue weighted by Crippen LogP contribution is -2.37. The van der Waals surface area contributed by atoms with Crippen LogP contribution in [0.15, 0.2) is 29.4 Å². The van der Waals surface area contributed by atoms with Gasteiger partial charge in [0.1, 0.15) is 5.54 Å². The summed E-state index contributed by atoms with van der Waals surface area (Å²) in [5, 5.41) is 3.63. The van der Waals surface area contributed by atoms with Crippen molar-refractivity contribution in [2.24, 2.45) is 5.11 Å². The Morgan fingerprint density at radius 2 is 2.20 bits per heavy atom. The third kappa shape index (κ3) is 1.49. The van der Waals surface area contributed by atoms with Crippen LogP contribution in [0.25, 0.3) is 10.4 Å². The second-order valence-electron chi connectivity index (χ2n) is 3.95. The molecule has 15 heavy (non-hydrogen) atoms. The number of carbonyl (C=O) groups is 1. The minimum atomic E-state index is -0.900. The van der Waals surface area contributed by atoms with Gasteiger partial charge in [0.05, 0.1) is 0 Å². The van der Waals surface area contributed by atoms with E-state index in [0.717, 1.165) is 12.0 Å². The molecule has 1 atom stereocenters. The molecule has 0 unspecified atom stereocenters. The average Bonchev–Trinajstić information content (AvgIpc) is 2.25. The molecular formula is C11H11N3O. The van der Waals surface area contributed by atoms with Crippen LogP contribution in [0.5, 0.6) is 0 Å². The van der Waals surface area contributed by atoms with E-state index in [1.165, 1.54) is 0 Å². The molecular weight excluding hydrogens is 190 g/mol. The van der Waals surface area contributed by atoms with Crippen molar-refractivity contribution in [3.8, 4) is 0 Å². The van der Waals surface area contributed by atoms with Gasteiger partial charge in [0, 0.05) is 10.5 Å². The summed E-state index contributed by atoms with van der Waals surface area (Å²) in [6, 6.07) is 7.49. The first-order valence-corrected chi connectivity index (χ1v) is 4.86. The summed E-state index contributed by atoms with van der Waals surface area (Å²) in [4.78, 5) is 14.8. The molecule has 0 radical (unpaired) electrons. The summed E-state index contributed by atoms with van der Waals surface area (Å²) in [6.07, 6.45) is 1.38. The standard InChI is InChI=1S/C11H11N3O/c1-11(13-14-12)7-6-8-4-2-3-5-9(8)10(11)15/h2-5H,6-7H2,1H3/t11-/m1/s1. The summed E-state index contributed by atoms with van der Waals surface area (Å²) in [7, 11) is 0. The topological polar surface area (TPSA) is 65.8 Å². The number of nitrogens with zero attached hydrogens (tertiary/aromatic N) is 3. The maximum atomic E-state index is 12.1. The Morgan fingerprint density at radius 3 is 2.93 bits per heavy atom. The van der Waals surface area contributed by atoms with E-state index in [0.29, 0.717) is 12.0 Å². The number of rotatable bonds is 1. The number of fused-ring (bicyclic) bond motifs is 1. The monoisotopic (exact) mass is 201 g/mol. The molecule has 1 aromatic carbocycles. The Labute approximate surface area is 87.5 Å². The highest BCUT2D eigenvalue weighted by molar-refractivity contribution is 6.05. The Bertz CT molecular complexity index is 463. The van der Waals surface area contributed by atoms with Crippen LogP contribution in [0.2, 0.25) is 0 Å². The molecule has 2 rings (SSSR count). The number of hydrogen-bond acceptors (Lipinski definition) is 2. The van der Waals surface area contributed by atoms with Crippen molar-refractivity contribution in [2.45, 2.75) is 25.3 Å². The molecule has 0 amide bonds. The molecule has 76 valence electrons. The van der Waals surface area contributed by atoms with Crippen LogP contribution < -0.4 is 0 Å². The van der Waals surface area contributed by atoms with E-state index in [1.807, 2.05) is 18.2 Å². The van der Waals surface area contributed by atoms with E-state index >= 15 is 0 Å². The van der Waals surface area contributed by atoms with Crippen molar-refractivity contribution in [1.82, 2.24) is 0 Å². The lowest BCUT2D eigenvalue weighted by atomic mass is 9.79. The lowest BCUT2D eigenvalue weighted by molar-refractivity contribution is 0.0882. The van der Waals surface area contributed by atoms with Crippen molar-refractivity contribution >= 4 is 5.78 Å². The summed E-state index contributed by atoms with van der Waals surface area (Å²) < 4.78 is 0. The van der Waals surface area contributed by atoms with Crippen molar-refractivity contribution in [3.05, 3.63) is 45.8 Å². The van der Waals surface area contributed by atoms with Crippen LogP contribution >= 0.6 is 0 Å². The SMILES string of the molecule is C[C@@]1(N=[N+]=[N-])CCc2ccccc2C1=O. The number of aryl methyl sites for hydroxylation is 1. The fourth-order valence-corrected chi connectivity index (χ4v) is 1.94. The van der Waals surface area contributed by atoms with Crippen LogP contribution in [-0.4, -0.2) is 11.3 Å². The average molecular weight is 201 g/mol. The fraction of sp³-hybridized carbons (Fsp3) is 0.364. The van der Waals surface area contributed by atoms with Gasteiger partial charge in [-0.25, -0.2) is 0 Å². The molecule has 0 aliphatic heterocycles. The minimum absolute atomic E-state index is 0.0675. The van der Waals surface area contributed by atoms with Gasteiger partial charge in [-0.3, -0.25) is 4.79 Å². The Balaban J connectivity index is 2.50. The van der Waals surface area contributed by atoms with Gasteiger partial charge in [-0.1, -0.05) is 29.4 Å². The Kier molecular flexibility index (Phi) is 2.21. The molecule has 1 aromatic rings. The van der Waals surface area contributed by atoms with E-state index in [4.69, 9.17) is 5.53 Å². The number of ketones is 1. The second-order valence-corrected chi connectivity index (χ2v) is 3.95. The fourth-order valence-electron chi connectivity index (χ4n) is 1.94. The molecule has 0 N–H and O–H groups in total. The summed E-state index contributed by atoms with van der Waals surface area (Å²) in [6.45, 7) is 1.70. The smallest absolute Gasteiger partial charge is 0.174 e. The number of Topliss-reactive ketones (excluding diaryl/α,β-unsaturated/α-hetero) is 1. The number of carbonyl (C=O) groups excluding carboxylic acids is 1. The first kappa shape index (κ1) is 9.74. The highest BCUT2D eigenvalue weighted by atomic mass is 16.1. The minimum Gasteiger partial charge on any atom is -0.293 e. The number of hydrogen-bond donors (Lipinski definition) is 0. The molecule has 1 aliphatic rings.